The fourth-order valence-corrected chi connectivity index (χ4v) is 4.24. The smallest absolute Gasteiger partial charge is 0.231 e. The molecule has 138 valence electrons. The molecule has 7 heteroatoms. The molecule has 0 unspecified atom stereocenters. The van der Waals surface area contributed by atoms with E-state index in [1.54, 1.807) is 12.1 Å². The Hall–Kier alpha value is -1.95. The van der Waals surface area contributed by atoms with Crippen molar-refractivity contribution in [3.8, 4) is 0 Å². The van der Waals surface area contributed by atoms with Gasteiger partial charge < -0.3 is 9.42 Å². The van der Waals surface area contributed by atoms with Crippen LogP contribution in [0.2, 0.25) is 5.02 Å². The van der Waals surface area contributed by atoms with Gasteiger partial charge in [0.1, 0.15) is 5.82 Å². The molecule has 2 aliphatic rings. The van der Waals surface area contributed by atoms with Gasteiger partial charge in [-0.3, -0.25) is 4.79 Å². The van der Waals surface area contributed by atoms with Gasteiger partial charge in [0.2, 0.25) is 11.8 Å². The summed E-state index contributed by atoms with van der Waals surface area (Å²) >= 11 is 6.06. The molecule has 1 atom stereocenters. The second-order valence-electron chi connectivity index (χ2n) is 7.16. The molecule has 4 rings (SSSR count). The average Bonchev–Trinajstić information content (AvgIpc) is 3.26. The van der Waals surface area contributed by atoms with Crippen LogP contribution >= 0.6 is 11.6 Å². The lowest BCUT2D eigenvalue weighted by Crippen LogP contribution is -2.37. The van der Waals surface area contributed by atoms with Crippen LogP contribution in [0.25, 0.3) is 0 Å². The Balaban J connectivity index is 1.46. The van der Waals surface area contributed by atoms with Crippen molar-refractivity contribution in [2.24, 2.45) is 0 Å². The van der Waals surface area contributed by atoms with Crippen LogP contribution in [-0.4, -0.2) is 33.5 Å². The summed E-state index contributed by atoms with van der Waals surface area (Å²) in [7, 11) is 0. The summed E-state index contributed by atoms with van der Waals surface area (Å²) in [6, 6.07) is 4.90. The lowest BCUT2D eigenvalue weighted by atomic mass is 9.94. The predicted octanol–water partition coefficient (Wildman–Crippen LogP) is 4.10. The van der Waals surface area contributed by atoms with E-state index in [4.69, 9.17) is 16.1 Å². The number of carbonyl (C=O) groups is 1. The van der Waals surface area contributed by atoms with E-state index >= 15 is 0 Å². The zero-order valence-electron chi connectivity index (χ0n) is 14.5. The molecule has 2 fully saturated rings. The molecule has 0 N–H and O–H groups in total. The van der Waals surface area contributed by atoms with E-state index in [1.807, 2.05) is 4.90 Å². The van der Waals surface area contributed by atoms with Crippen LogP contribution in [0.1, 0.15) is 61.7 Å². The maximum atomic E-state index is 13.9. The van der Waals surface area contributed by atoms with Crippen LogP contribution < -0.4 is 0 Å². The van der Waals surface area contributed by atoms with E-state index in [2.05, 4.69) is 10.1 Å². The molecule has 1 aliphatic heterocycles. The molecular weight excluding hydrogens is 357 g/mol. The predicted molar refractivity (Wildman–Crippen MR) is 94.5 cm³/mol. The van der Waals surface area contributed by atoms with E-state index < -0.39 is 5.82 Å². The molecule has 1 aliphatic carbocycles. The SMILES string of the molecule is O=C1C[C@H](c2noc(Cc3c(F)cccc3Cl)n2)CN1C1CCCCC1. The number of likely N-dealkylation sites (tertiary alicyclic amines) is 1. The van der Waals surface area contributed by atoms with Crippen LogP contribution in [0.3, 0.4) is 0 Å². The molecule has 0 spiro atoms. The van der Waals surface area contributed by atoms with Gasteiger partial charge in [0, 0.05) is 35.5 Å². The fraction of sp³-hybridized carbons (Fsp3) is 0.526. The van der Waals surface area contributed by atoms with Gasteiger partial charge in [0.05, 0.1) is 6.42 Å². The van der Waals surface area contributed by atoms with E-state index in [1.165, 1.54) is 25.3 Å². The second-order valence-corrected chi connectivity index (χ2v) is 7.57. The zero-order valence-corrected chi connectivity index (χ0v) is 15.2. The Bertz CT molecular complexity index is 784. The van der Waals surface area contributed by atoms with Gasteiger partial charge in [-0.1, -0.05) is 42.1 Å². The summed E-state index contributed by atoms with van der Waals surface area (Å²) in [5.41, 5.74) is 0.343. The minimum absolute atomic E-state index is 0.0574. The Morgan fingerprint density at radius 3 is 2.85 bits per heavy atom. The molecule has 1 saturated heterocycles. The zero-order chi connectivity index (χ0) is 18.1. The first-order valence-electron chi connectivity index (χ1n) is 9.16. The van der Waals surface area contributed by atoms with Crippen molar-refractivity contribution < 1.29 is 13.7 Å². The molecule has 1 aromatic carbocycles. The molecule has 2 heterocycles. The highest BCUT2D eigenvalue weighted by Crippen LogP contribution is 2.32. The van der Waals surface area contributed by atoms with Crippen molar-refractivity contribution >= 4 is 17.5 Å². The highest BCUT2D eigenvalue weighted by Gasteiger charge is 2.37. The number of rotatable bonds is 4. The molecule has 1 saturated carbocycles. The van der Waals surface area contributed by atoms with Crippen LogP contribution in [0.4, 0.5) is 4.39 Å². The van der Waals surface area contributed by atoms with Crippen LogP contribution in [0, 0.1) is 5.82 Å². The highest BCUT2D eigenvalue weighted by molar-refractivity contribution is 6.31. The molecule has 0 bridgehead atoms. The van der Waals surface area contributed by atoms with E-state index in [9.17, 15) is 9.18 Å². The van der Waals surface area contributed by atoms with Gasteiger partial charge in [-0.25, -0.2) is 4.39 Å². The van der Waals surface area contributed by atoms with Crippen LogP contribution in [-0.2, 0) is 11.2 Å². The van der Waals surface area contributed by atoms with Gasteiger partial charge in [-0.05, 0) is 25.0 Å². The first kappa shape index (κ1) is 17.5. The van der Waals surface area contributed by atoms with E-state index in [0.29, 0.717) is 41.3 Å². The molecule has 1 aromatic heterocycles. The topological polar surface area (TPSA) is 59.2 Å². The van der Waals surface area contributed by atoms with Gasteiger partial charge in [0.15, 0.2) is 5.82 Å². The summed E-state index contributed by atoms with van der Waals surface area (Å²) in [4.78, 5) is 18.8. The third kappa shape index (κ3) is 3.47. The maximum absolute atomic E-state index is 13.9. The summed E-state index contributed by atoms with van der Waals surface area (Å²) in [6.07, 6.45) is 6.36. The minimum atomic E-state index is -0.392. The van der Waals surface area contributed by atoms with E-state index in [0.717, 1.165) is 12.8 Å². The first-order valence-corrected chi connectivity index (χ1v) is 9.54. The fourth-order valence-electron chi connectivity index (χ4n) is 4.01. The van der Waals surface area contributed by atoms with Crippen molar-refractivity contribution in [2.45, 2.75) is 56.9 Å². The highest BCUT2D eigenvalue weighted by atomic mass is 35.5. The molecule has 0 radical (unpaired) electrons. The number of halogens is 2. The van der Waals surface area contributed by atoms with Crippen LogP contribution in [0.15, 0.2) is 22.7 Å². The molecular formula is C19H21ClFN3O2. The van der Waals surface area contributed by atoms with Gasteiger partial charge in [-0.2, -0.15) is 4.98 Å². The Morgan fingerprint density at radius 2 is 2.08 bits per heavy atom. The average molecular weight is 378 g/mol. The van der Waals surface area contributed by atoms with Crippen molar-refractivity contribution in [3.63, 3.8) is 0 Å². The van der Waals surface area contributed by atoms with Crippen LogP contribution in [0.5, 0.6) is 0 Å². The monoisotopic (exact) mass is 377 g/mol. The quantitative estimate of drug-likeness (QED) is 0.804. The summed E-state index contributed by atoms with van der Waals surface area (Å²) < 4.78 is 19.2. The maximum Gasteiger partial charge on any atom is 0.231 e. The van der Waals surface area contributed by atoms with Crippen molar-refractivity contribution in [2.75, 3.05) is 6.54 Å². The largest absolute Gasteiger partial charge is 0.339 e. The summed E-state index contributed by atoms with van der Waals surface area (Å²) in [5.74, 6) is 0.565. The van der Waals surface area contributed by atoms with E-state index in [-0.39, 0.29) is 18.2 Å². The number of hydrogen-bond acceptors (Lipinski definition) is 4. The van der Waals surface area contributed by atoms with Crippen molar-refractivity contribution in [3.05, 3.63) is 46.3 Å². The van der Waals surface area contributed by atoms with Crippen molar-refractivity contribution in [1.29, 1.82) is 0 Å². The van der Waals surface area contributed by atoms with Gasteiger partial charge in [-0.15, -0.1) is 0 Å². The number of hydrogen-bond donors (Lipinski definition) is 0. The molecule has 5 nitrogen and oxygen atoms in total. The summed E-state index contributed by atoms with van der Waals surface area (Å²) in [5, 5.41) is 4.37. The third-order valence-corrected chi connectivity index (χ3v) is 5.77. The standard InChI is InChI=1S/C19H21ClFN3O2/c20-15-7-4-8-16(21)14(15)10-17-22-19(23-26-17)12-9-18(25)24(11-12)13-5-2-1-3-6-13/h4,7-8,12-13H,1-3,5-6,9-11H2/t12-/m0/s1. The second kappa shape index (κ2) is 7.35. The molecule has 1 amide bonds. The Labute approximate surface area is 156 Å². The third-order valence-electron chi connectivity index (χ3n) is 5.41. The minimum Gasteiger partial charge on any atom is -0.339 e. The summed E-state index contributed by atoms with van der Waals surface area (Å²) in [6.45, 7) is 0.642. The molecule has 2 aromatic rings. The molecule has 26 heavy (non-hydrogen) atoms. The van der Waals surface area contributed by atoms with Gasteiger partial charge >= 0.3 is 0 Å². The lowest BCUT2D eigenvalue weighted by Gasteiger charge is -2.31. The number of amides is 1. The number of carbonyl (C=O) groups excluding carboxylic acids is 1. The Kier molecular flexibility index (Phi) is 4.94. The lowest BCUT2D eigenvalue weighted by molar-refractivity contribution is -0.130. The number of aromatic nitrogens is 2. The van der Waals surface area contributed by atoms with Crippen molar-refractivity contribution in [1.82, 2.24) is 15.0 Å². The number of benzene rings is 1. The van der Waals surface area contributed by atoms with Gasteiger partial charge in [0.25, 0.3) is 0 Å². The number of nitrogens with zero attached hydrogens (tertiary/aromatic N) is 3. The normalized spacial score (nSPS) is 21.5. The first-order chi connectivity index (χ1) is 12.6. The Morgan fingerprint density at radius 1 is 1.27 bits per heavy atom.